The minimum absolute atomic E-state index is 0.0141. The van der Waals surface area contributed by atoms with Crippen LogP contribution in [0.1, 0.15) is 57.1 Å². The van der Waals surface area contributed by atoms with Crippen molar-refractivity contribution in [2.24, 2.45) is 0 Å². The number of hydrogen-bond donors (Lipinski definition) is 2. The summed E-state index contributed by atoms with van der Waals surface area (Å²) in [5.41, 5.74) is 1.07. The van der Waals surface area contributed by atoms with E-state index in [0.717, 1.165) is 49.4 Å². The molecule has 25 heavy (non-hydrogen) atoms. The molecule has 0 aliphatic carbocycles. The number of aliphatic hydroxyl groups is 1. The first-order chi connectivity index (χ1) is 11.8. The average molecular weight is 349 g/mol. The van der Waals surface area contributed by atoms with Gasteiger partial charge in [0.15, 0.2) is 0 Å². The number of hydrogen-bond acceptors (Lipinski definition) is 4. The molecule has 0 aromatic heterocycles. The molecule has 0 saturated carbocycles. The zero-order chi connectivity index (χ0) is 18.4. The van der Waals surface area contributed by atoms with E-state index in [2.05, 4.69) is 18.7 Å². The fraction of sp³-hybridized carbons (Fsp3) is 0.650. The number of nitrogens with zero attached hydrogens (tertiary/aromatic N) is 1. The topological polar surface area (TPSA) is 70.0 Å². The standard InChI is InChI=1S/C20H31NO4/c1-4-21(5-2)10-6-9-20(3,24)13-16-14-25-18-8-7-15(11-17(16)18)12-19(22)23/h7-8,11,16,24H,4-6,9-10,12-14H2,1-3H3,(H,22,23)/t16?,20-/m1/s1. The Balaban J connectivity index is 1.96. The summed E-state index contributed by atoms with van der Waals surface area (Å²) in [6.45, 7) is 9.84. The first-order valence-corrected chi connectivity index (χ1v) is 9.26. The van der Waals surface area contributed by atoms with Gasteiger partial charge in [-0.2, -0.15) is 0 Å². The summed E-state index contributed by atoms with van der Waals surface area (Å²) < 4.78 is 5.73. The lowest BCUT2D eigenvalue weighted by Gasteiger charge is -2.27. The fourth-order valence-electron chi connectivity index (χ4n) is 3.64. The van der Waals surface area contributed by atoms with Crippen LogP contribution in [0.3, 0.4) is 0 Å². The Morgan fingerprint density at radius 2 is 2.08 bits per heavy atom. The zero-order valence-corrected chi connectivity index (χ0v) is 15.6. The van der Waals surface area contributed by atoms with Crippen LogP contribution in [0.2, 0.25) is 0 Å². The van der Waals surface area contributed by atoms with Gasteiger partial charge in [-0.05, 0) is 57.5 Å². The molecule has 0 bridgehead atoms. The van der Waals surface area contributed by atoms with Crippen LogP contribution in [0.5, 0.6) is 5.75 Å². The van der Waals surface area contributed by atoms with Crippen LogP contribution in [0.15, 0.2) is 18.2 Å². The lowest BCUT2D eigenvalue weighted by molar-refractivity contribution is -0.136. The molecule has 2 atom stereocenters. The minimum atomic E-state index is -0.834. The number of benzene rings is 1. The maximum atomic E-state index is 10.9. The summed E-state index contributed by atoms with van der Waals surface area (Å²) in [6, 6.07) is 5.58. The van der Waals surface area contributed by atoms with E-state index in [0.29, 0.717) is 13.0 Å². The van der Waals surface area contributed by atoms with Gasteiger partial charge in [-0.3, -0.25) is 4.79 Å². The normalized spacial score (nSPS) is 18.7. The summed E-state index contributed by atoms with van der Waals surface area (Å²) in [4.78, 5) is 13.3. The number of ether oxygens (including phenoxy) is 1. The van der Waals surface area contributed by atoms with E-state index in [1.165, 1.54) is 0 Å². The largest absolute Gasteiger partial charge is 0.493 e. The van der Waals surface area contributed by atoms with E-state index in [4.69, 9.17) is 9.84 Å². The molecule has 0 spiro atoms. The molecule has 0 fully saturated rings. The maximum absolute atomic E-state index is 10.9. The SMILES string of the molecule is CCN(CC)CCC[C@@](C)(O)CC1COc2ccc(CC(=O)O)cc21. The third-order valence-electron chi connectivity index (χ3n) is 5.08. The fourth-order valence-corrected chi connectivity index (χ4v) is 3.64. The highest BCUT2D eigenvalue weighted by atomic mass is 16.5. The number of fused-ring (bicyclic) bond motifs is 1. The second-order valence-corrected chi connectivity index (χ2v) is 7.28. The van der Waals surface area contributed by atoms with E-state index in [9.17, 15) is 9.90 Å². The second kappa shape index (κ2) is 8.68. The molecular formula is C20H31NO4. The van der Waals surface area contributed by atoms with Crippen LogP contribution in [0.4, 0.5) is 0 Å². The van der Waals surface area contributed by atoms with Crippen LogP contribution in [0, 0.1) is 0 Å². The van der Waals surface area contributed by atoms with Gasteiger partial charge in [0.25, 0.3) is 0 Å². The Hall–Kier alpha value is -1.59. The van der Waals surface area contributed by atoms with Crippen molar-refractivity contribution >= 4 is 5.97 Å². The van der Waals surface area contributed by atoms with Crippen molar-refractivity contribution in [3.63, 3.8) is 0 Å². The highest BCUT2D eigenvalue weighted by molar-refractivity contribution is 5.70. The molecular weight excluding hydrogens is 318 g/mol. The van der Waals surface area contributed by atoms with Crippen molar-refractivity contribution in [3.8, 4) is 5.75 Å². The quantitative estimate of drug-likeness (QED) is 0.679. The van der Waals surface area contributed by atoms with Gasteiger partial charge in [-0.1, -0.05) is 26.0 Å². The van der Waals surface area contributed by atoms with Crippen molar-refractivity contribution in [2.75, 3.05) is 26.2 Å². The van der Waals surface area contributed by atoms with E-state index in [-0.39, 0.29) is 12.3 Å². The van der Waals surface area contributed by atoms with Gasteiger partial charge in [0.1, 0.15) is 5.75 Å². The molecule has 1 aliphatic rings. The van der Waals surface area contributed by atoms with Crippen molar-refractivity contribution in [2.45, 2.75) is 58.0 Å². The predicted octanol–water partition coefficient (Wildman–Crippen LogP) is 3.05. The molecule has 2 rings (SSSR count). The molecule has 1 aliphatic heterocycles. The molecule has 1 aromatic carbocycles. The third kappa shape index (κ3) is 5.72. The van der Waals surface area contributed by atoms with Crippen molar-refractivity contribution in [1.29, 1.82) is 0 Å². The Morgan fingerprint density at radius 3 is 2.72 bits per heavy atom. The van der Waals surface area contributed by atoms with Crippen LogP contribution in [-0.4, -0.2) is 52.9 Å². The van der Waals surface area contributed by atoms with Gasteiger partial charge in [0.05, 0.1) is 18.6 Å². The van der Waals surface area contributed by atoms with Gasteiger partial charge in [0.2, 0.25) is 0 Å². The second-order valence-electron chi connectivity index (χ2n) is 7.28. The van der Waals surface area contributed by atoms with Crippen molar-refractivity contribution in [3.05, 3.63) is 29.3 Å². The summed E-state index contributed by atoms with van der Waals surface area (Å²) in [6.07, 6.45) is 2.37. The number of carbonyl (C=O) groups is 1. The van der Waals surface area contributed by atoms with Gasteiger partial charge in [-0.25, -0.2) is 0 Å². The Morgan fingerprint density at radius 1 is 1.36 bits per heavy atom. The Labute approximate surface area is 150 Å². The number of carboxylic acids is 1. The summed E-state index contributed by atoms with van der Waals surface area (Å²) >= 11 is 0. The minimum Gasteiger partial charge on any atom is -0.493 e. The third-order valence-corrected chi connectivity index (χ3v) is 5.08. The smallest absolute Gasteiger partial charge is 0.307 e. The van der Waals surface area contributed by atoms with Gasteiger partial charge >= 0.3 is 5.97 Å². The lowest BCUT2D eigenvalue weighted by Crippen LogP contribution is -2.30. The molecule has 1 aromatic rings. The molecule has 1 unspecified atom stereocenters. The van der Waals surface area contributed by atoms with Crippen molar-refractivity contribution in [1.82, 2.24) is 4.90 Å². The summed E-state index contributed by atoms with van der Waals surface area (Å²) in [5.74, 6) is 0.101. The maximum Gasteiger partial charge on any atom is 0.307 e. The first kappa shape index (κ1) is 19.7. The zero-order valence-electron chi connectivity index (χ0n) is 15.6. The molecule has 140 valence electrons. The molecule has 0 radical (unpaired) electrons. The summed E-state index contributed by atoms with van der Waals surface area (Å²) in [5, 5.41) is 19.8. The molecule has 2 N–H and O–H groups in total. The van der Waals surface area contributed by atoms with Crippen LogP contribution in [-0.2, 0) is 11.2 Å². The predicted molar refractivity (Wildman–Crippen MR) is 98.3 cm³/mol. The van der Waals surface area contributed by atoms with Crippen LogP contribution < -0.4 is 4.74 Å². The van der Waals surface area contributed by atoms with E-state index < -0.39 is 11.6 Å². The monoisotopic (exact) mass is 349 g/mol. The van der Waals surface area contributed by atoms with E-state index in [1.807, 2.05) is 19.1 Å². The number of rotatable bonds is 10. The van der Waals surface area contributed by atoms with Crippen LogP contribution in [0.25, 0.3) is 0 Å². The molecule has 0 saturated heterocycles. The number of carboxylic acid groups (broad SMARTS) is 1. The number of aliphatic carboxylic acids is 1. The summed E-state index contributed by atoms with van der Waals surface area (Å²) in [7, 11) is 0. The molecule has 0 amide bonds. The molecule has 5 nitrogen and oxygen atoms in total. The van der Waals surface area contributed by atoms with E-state index >= 15 is 0 Å². The highest BCUT2D eigenvalue weighted by Crippen LogP contribution is 2.40. The highest BCUT2D eigenvalue weighted by Gasteiger charge is 2.32. The molecule has 1 heterocycles. The van der Waals surface area contributed by atoms with Gasteiger partial charge in [0, 0.05) is 11.5 Å². The van der Waals surface area contributed by atoms with Gasteiger partial charge < -0.3 is 19.8 Å². The first-order valence-electron chi connectivity index (χ1n) is 9.26. The van der Waals surface area contributed by atoms with E-state index in [1.54, 1.807) is 6.07 Å². The lowest BCUT2D eigenvalue weighted by atomic mass is 9.85. The molecule has 5 heteroatoms. The Bertz CT molecular complexity index is 581. The Kier molecular flexibility index (Phi) is 6.85. The average Bonchev–Trinajstić information content (AvgIpc) is 2.93. The van der Waals surface area contributed by atoms with Crippen LogP contribution >= 0.6 is 0 Å². The van der Waals surface area contributed by atoms with Gasteiger partial charge in [-0.15, -0.1) is 0 Å². The van der Waals surface area contributed by atoms with Crippen molar-refractivity contribution < 1.29 is 19.7 Å².